The van der Waals surface area contributed by atoms with Gasteiger partial charge in [0.2, 0.25) is 11.8 Å². The summed E-state index contributed by atoms with van der Waals surface area (Å²) in [5.41, 5.74) is -1.41. The molecule has 2 saturated heterocycles. The molecule has 0 radical (unpaired) electrons. The Morgan fingerprint density at radius 1 is 1.15 bits per heavy atom. The maximum absolute atomic E-state index is 15.9. The Kier molecular flexibility index (Phi) is 8.40. The molecular formula is C30H36Cl2F2N4O3. The standard InChI is InChI=1S/C30H36Cl2F2N4O3/c1-16(38-10-12-41-13-11-38)15-35-27(39)26-22(17-6-5-7-19(31)23(17)33)30(21(36-26)14-29(2,3)4)18-8-9-20(32)24(34)25(18)37-28(30)40/h5-9,16,21-22,26,36H,10-15H2,1-4H3,(H,35,39)(H,37,40)/t16?,21-,22+,26-,30+/m1/s1. The van der Waals surface area contributed by atoms with Crippen molar-refractivity contribution in [2.75, 3.05) is 38.2 Å². The quantitative estimate of drug-likeness (QED) is 0.436. The number of amides is 2. The van der Waals surface area contributed by atoms with Gasteiger partial charge in [0.1, 0.15) is 11.2 Å². The third-order valence-corrected chi connectivity index (χ3v) is 9.15. The van der Waals surface area contributed by atoms with Crippen molar-refractivity contribution in [3.8, 4) is 0 Å². The Morgan fingerprint density at radius 2 is 1.83 bits per heavy atom. The van der Waals surface area contributed by atoms with E-state index in [4.69, 9.17) is 27.9 Å². The molecule has 3 aliphatic rings. The average molecular weight is 610 g/mol. The molecule has 5 atom stereocenters. The van der Waals surface area contributed by atoms with E-state index in [1.54, 1.807) is 18.2 Å². The number of benzene rings is 2. The summed E-state index contributed by atoms with van der Waals surface area (Å²) in [6.45, 7) is 11.2. The number of morpholine rings is 1. The first-order valence-electron chi connectivity index (χ1n) is 14.0. The van der Waals surface area contributed by atoms with Crippen LogP contribution in [-0.2, 0) is 19.7 Å². The fourth-order valence-electron chi connectivity index (χ4n) is 6.69. The average Bonchev–Trinajstić information content (AvgIpc) is 3.41. The van der Waals surface area contributed by atoms with Gasteiger partial charge in [-0.3, -0.25) is 14.5 Å². The molecule has 0 aromatic heterocycles. The summed E-state index contributed by atoms with van der Waals surface area (Å²) in [5.74, 6) is -3.40. The minimum atomic E-state index is -1.52. The Morgan fingerprint density at radius 3 is 2.51 bits per heavy atom. The van der Waals surface area contributed by atoms with Gasteiger partial charge in [0.15, 0.2) is 5.82 Å². The number of ether oxygens (including phenoxy) is 1. The number of fused-ring (bicyclic) bond motifs is 2. The maximum atomic E-state index is 15.9. The van der Waals surface area contributed by atoms with Gasteiger partial charge in [-0.25, -0.2) is 8.78 Å². The van der Waals surface area contributed by atoms with Crippen molar-refractivity contribution in [2.45, 2.75) is 63.6 Å². The predicted molar refractivity (Wildman–Crippen MR) is 156 cm³/mol. The van der Waals surface area contributed by atoms with Crippen molar-refractivity contribution in [2.24, 2.45) is 5.41 Å². The van der Waals surface area contributed by atoms with E-state index in [0.29, 0.717) is 31.7 Å². The number of halogens is 4. The highest BCUT2D eigenvalue weighted by molar-refractivity contribution is 6.31. The molecule has 2 fully saturated rings. The molecule has 0 bridgehead atoms. The van der Waals surface area contributed by atoms with E-state index in [9.17, 15) is 9.59 Å². The zero-order valence-electron chi connectivity index (χ0n) is 23.6. The van der Waals surface area contributed by atoms with Crippen molar-refractivity contribution >= 4 is 40.7 Å². The number of rotatable bonds is 6. The van der Waals surface area contributed by atoms with Crippen molar-refractivity contribution in [3.63, 3.8) is 0 Å². The molecule has 3 aliphatic heterocycles. The van der Waals surface area contributed by atoms with Gasteiger partial charge >= 0.3 is 0 Å². The summed E-state index contributed by atoms with van der Waals surface area (Å²) < 4.78 is 36.6. The summed E-state index contributed by atoms with van der Waals surface area (Å²) in [5, 5.41) is 8.88. The first kappa shape index (κ1) is 30.2. The van der Waals surface area contributed by atoms with Crippen molar-refractivity contribution in [3.05, 3.63) is 63.1 Å². The largest absolute Gasteiger partial charge is 0.379 e. The van der Waals surface area contributed by atoms with Crippen LogP contribution in [0.3, 0.4) is 0 Å². The molecule has 2 aromatic carbocycles. The highest BCUT2D eigenvalue weighted by atomic mass is 35.5. The van der Waals surface area contributed by atoms with Gasteiger partial charge in [0, 0.05) is 37.6 Å². The van der Waals surface area contributed by atoms with E-state index < -0.39 is 41.0 Å². The van der Waals surface area contributed by atoms with E-state index in [-0.39, 0.29) is 38.7 Å². The fraction of sp³-hybridized carbons (Fsp3) is 0.533. The highest BCUT2D eigenvalue weighted by Crippen LogP contribution is 2.57. The number of carbonyl (C=O) groups is 2. The number of hydrogen-bond acceptors (Lipinski definition) is 5. The topological polar surface area (TPSA) is 82.7 Å². The predicted octanol–water partition coefficient (Wildman–Crippen LogP) is 4.86. The molecule has 2 amide bonds. The third kappa shape index (κ3) is 5.36. The van der Waals surface area contributed by atoms with E-state index in [1.807, 2.05) is 27.7 Å². The first-order valence-corrected chi connectivity index (χ1v) is 14.7. The van der Waals surface area contributed by atoms with Crippen LogP contribution in [0.5, 0.6) is 0 Å². The zero-order valence-corrected chi connectivity index (χ0v) is 25.1. The van der Waals surface area contributed by atoms with Gasteiger partial charge in [0.25, 0.3) is 0 Å². The van der Waals surface area contributed by atoms with Crippen molar-refractivity contribution in [1.82, 2.24) is 15.5 Å². The Labute approximate surface area is 249 Å². The molecule has 11 heteroatoms. The molecule has 5 rings (SSSR count). The second-order valence-corrected chi connectivity index (χ2v) is 13.2. The number of anilines is 1. The van der Waals surface area contributed by atoms with Crippen LogP contribution < -0.4 is 16.0 Å². The fourth-order valence-corrected chi connectivity index (χ4v) is 7.03. The molecular weight excluding hydrogens is 573 g/mol. The summed E-state index contributed by atoms with van der Waals surface area (Å²) in [7, 11) is 0. The molecule has 3 N–H and O–H groups in total. The van der Waals surface area contributed by atoms with Crippen LogP contribution in [0.15, 0.2) is 30.3 Å². The van der Waals surface area contributed by atoms with Crippen LogP contribution in [-0.4, -0.2) is 67.7 Å². The number of nitrogens with one attached hydrogen (secondary N) is 3. The lowest BCUT2D eigenvalue weighted by molar-refractivity contribution is -0.124. The molecule has 41 heavy (non-hydrogen) atoms. The van der Waals surface area contributed by atoms with Gasteiger partial charge in [-0.2, -0.15) is 0 Å². The lowest BCUT2D eigenvalue weighted by Crippen LogP contribution is -2.51. The SMILES string of the molecule is CC(CNC(=O)[C@@H]1N[C@H](CC(C)(C)C)[C@]2(C(=O)Nc3c2ccc(Cl)c3F)[C@H]1c1cccc(Cl)c1F)N1CCOCC1. The summed E-state index contributed by atoms with van der Waals surface area (Å²) in [4.78, 5) is 30.4. The molecule has 222 valence electrons. The van der Waals surface area contributed by atoms with Crippen LogP contribution in [0, 0.1) is 17.0 Å². The summed E-state index contributed by atoms with van der Waals surface area (Å²) >= 11 is 12.3. The lowest BCUT2D eigenvalue weighted by atomic mass is 9.62. The Hall–Kier alpha value is -2.30. The van der Waals surface area contributed by atoms with Crippen molar-refractivity contribution in [1.29, 1.82) is 0 Å². The molecule has 3 heterocycles. The van der Waals surface area contributed by atoms with Crippen molar-refractivity contribution < 1.29 is 23.1 Å². The summed E-state index contributed by atoms with van der Waals surface area (Å²) in [6.07, 6.45) is 0.441. The lowest BCUT2D eigenvalue weighted by Gasteiger charge is -2.37. The monoisotopic (exact) mass is 608 g/mol. The van der Waals surface area contributed by atoms with Gasteiger partial charge in [0.05, 0.1) is 35.0 Å². The summed E-state index contributed by atoms with van der Waals surface area (Å²) in [6, 6.07) is 5.95. The van der Waals surface area contributed by atoms with E-state index in [1.165, 1.54) is 12.1 Å². The van der Waals surface area contributed by atoms with Crippen LogP contribution in [0.25, 0.3) is 0 Å². The maximum Gasteiger partial charge on any atom is 0.237 e. The first-order chi connectivity index (χ1) is 19.4. The second-order valence-electron chi connectivity index (χ2n) is 12.4. The van der Waals surface area contributed by atoms with E-state index in [2.05, 4.69) is 20.9 Å². The van der Waals surface area contributed by atoms with Gasteiger partial charge in [-0.1, -0.05) is 62.2 Å². The van der Waals surface area contributed by atoms with E-state index in [0.717, 1.165) is 13.1 Å². The van der Waals surface area contributed by atoms with Gasteiger partial charge in [-0.15, -0.1) is 0 Å². The number of hydrogen-bond donors (Lipinski definition) is 3. The third-order valence-electron chi connectivity index (χ3n) is 8.57. The highest BCUT2D eigenvalue weighted by Gasteiger charge is 2.66. The van der Waals surface area contributed by atoms with Crippen LogP contribution in [0.2, 0.25) is 10.0 Å². The second kappa shape index (κ2) is 11.4. The van der Waals surface area contributed by atoms with Crippen LogP contribution in [0.1, 0.15) is 51.2 Å². The smallest absolute Gasteiger partial charge is 0.237 e. The zero-order chi connectivity index (χ0) is 29.7. The molecule has 0 saturated carbocycles. The minimum absolute atomic E-state index is 0.0386. The normalized spacial score (nSPS) is 27.1. The Bertz CT molecular complexity index is 1350. The molecule has 1 spiro atoms. The van der Waals surface area contributed by atoms with Gasteiger partial charge in [-0.05, 0) is 42.0 Å². The van der Waals surface area contributed by atoms with Gasteiger partial charge < -0.3 is 20.7 Å². The number of nitrogens with zero attached hydrogens (tertiary/aromatic N) is 1. The van der Waals surface area contributed by atoms with E-state index >= 15 is 8.78 Å². The minimum Gasteiger partial charge on any atom is -0.379 e. The van der Waals surface area contributed by atoms with Crippen LogP contribution >= 0.6 is 23.2 Å². The molecule has 1 unspecified atom stereocenters. The number of carbonyl (C=O) groups excluding carboxylic acids is 2. The molecule has 0 aliphatic carbocycles. The Balaban J connectivity index is 1.62. The van der Waals surface area contributed by atoms with Crippen LogP contribution in [0.4, 0.5) is 14.5 Å². The molecule has 7 nitrogen and oxygen atoms in total. The molecule has 2 aromatic rings.